The number of fused-ring (bicyclic) bond motifs is 1. The van der Waals surface area contributed by atoms with Crippen molar-refractivity contribution in [3.05, 3.63) is 60.0 Å². The monoisotopic (exact) mass is 354 g/mol. The van der Waals surface area contributed by atoms with Crippen LogP contribution in [0.4, 0.5) is 0 Å². The Morgan fingerprint density at radius 1 is 1.27 bits per heavy atom. The fourth-order valence-corrected chi connectivity index (χ4v) is 2.39. The van der Waals surface area contributed by atoms with Gasteiger partial charge < -0.3 is 25.7 Å². The Morgan fingerprint density at radius 3 is 2.65 bits per heavy atom. The fourth-order valence-electron chi connectivity index (χ4n) is 2.39. The first-order valence-electron chi connectivity index (χ1n) is 7.46. The van der Waals surface area contributed by atoms with Gasteiger partial charge in [0.15, 0.2) is 11.4 Å². The summed E-state index contributed by atoms with van der Waals surface area (Å²) in [5.74, 6) is -1.74. The van der Waals surface area contributed by atoms with Crippen molar-refractivity contribution >= 4 is 28.4 Å². The van der Waals surface area contributed by atoms with Crippen molar-refractivity contribution in [2.45, 2.75) is 6.54 Å². The molecular formula is C17H14N4O5. The number of phenols is 1. The van der Waals surface area contributed by atoms with E-state index >= 15 is 0 Å². The second-order valence-electron chi connectivity index (χ2n) is 5.23. The van der Waals surface area contributed by atoms with E-state index < -0.39 is 17.6 Å². The molecule has 2 heterocycles. The van der Waals surface area contributed by atoms with E-state index in [1.807, 2.05) is 0 Å². The SMILES string of the molecule is N/C=C(/C(=O)NCc1cc2ccc(O)c(C(=O)O)c2o1)c1ncccn1. The van der Waals surface area contributed by atoms with Gasteiger partial charge in [-0.1, -0.05) is 0 Å². The molecule has 0 bridgehead atoms. The first-order valence-corrected chi connectivity index (χ1v) is 7.46. The van der Waals surface area contributed by atoms with Crippen LogP contribution in [0.3, 0.4) is 0 Å². The molecule has 0 aliphatic carbocycles. The van der Waals surface area contributed by atoms with Crippen molar-refractivity contribution in [1.29, 1.82) is 0 Å². The summed E-state index contributed by atoms with van der Waals surface area (Å²) < 4.78 is 5.47. The normalized spacial score (nSPS) is 11.5. The van der Waals surface area contributed by atoms with Crippen molar-refractivity contribution in [2.75, 3.05) is 0 Å². The number of carboxylic acids is 1. The van der Waals surface area contributed by atoms with Crippen molar-refractivity contribution < 1.29 is 24.2 Å². The van der Waals surface area contributed by atoms with Crippen molar-refractivity contribution in [3.8, 4) is 5.75 Å². The summed E-state index contributed by atoms with van der Waals surface area (Å²) in [4.78, 5) is 31.5. The van der Waals surface area contributed by atoms with Gasteiger partial charge in [-0.25, -0.2) is 14.8 Å². The molecule has 26 heavy (non-hydrogen) atoms. The summed E-state index contributed by atoms with van der Waals surface area (Å²) in [6.45, 7) is -0.0164. The molecule has 1 aromatic carbocycles. The maximum Gasteiger partial charge on any atom is 0.343 e. The van der Waals surface area contributed by atoms with Crippen LogP contribution in [0, 0.1) is 0 Å². The highest BCUT2D eigenvalue weighted by Crippen LogP contribution is 2.29. The van der Waals surface area contributed by atoms with Crippen molar-refractivity contribution in [3.63, 3.8) is 0 Å². The first kappa shape index (κ1) is 17.0. The van der Waals surface area contributed by atoms with E-state index in [4.69, 9.17) is 10.2 Å². The summed E-state index contributed by atoms with van der Waals surface area (Å²) in [5.41, 5.74) is 5.27. The smallest absolute Gasteiger partial charge is 0.343 e. The number of hydrogen-bond donors (Lipinski definition) is 4. The maximum atomic E-state index is 12.3. The molecule has 2 aromatic heterocycles. The van der Waals surface area contributed by atoms with E-state index in [-0.39, 0.29) is 29.1 Å². The number of nitrogens with two attached hydrogens (primary N) is 1. The minimum Gasteiger partial charge on any atom is -0.507 e. The largest absolute Gasteiger partial charge is 0.507 e. The average Bonchev–Trinajstić information content (AvgIpc) is 3.04. The number of nitrogens with one attached hydrogen (secondary N) is 1. The third-order valence-corrected chi connectivity index (χ3v) is 3.57. The van der Waals surface area contributed by atoms with Gasteiger partial charge in [0.25, 0.3) is 5.91 Å². The predicted octanol–water partition coefficient (Wildman–Crippen LogP) is 1.24. The Kier molecular flexibility index (Phi) is 4.52. The lowest BCUT2D eigenvalue weighted by atomic mass is 10.1. The molecule has 0 unspecified atom stereocenters. The topological polar surface area (TPSA) is 152 Å². The van der Waals surface area contributed by atoms with Gasteiger partial charge >= 0.3 is 5.97 Å². The van der Waals surface area contributed by atoms with Gasteiger partial charge in [-0.2, -0.15) is 0 Å². The molecule has 3 aromatic rings. The molecule has 0 radical (unpaired) electrons. The highest BCUT2D eigenvalue weighted by molar-refractivity contribution is 6.18. The van der Waals surface area contributed by atoms with Crippen LogP contribution in [0.2, 0.25) is 0 Å². The summed E-state index contributed by atoms with van der Waals surface area (Å²) in [6.07, 6.45) is 4.07. The number of nitrogens with zero attached hydrogens (tertiary/aromatic N) is 2. The number of benzene rings is 1. The molecule has 132 valence electrons. The molecule has 0 saturated carbocycles. The molecule has 0 aliphatic rings. The number of aromatic carboxylic acids is 1. The highest BCUT2D eigenvalue weighted by Gasteiger charge is 2.19. The van der Waals surface area contributed by atoms with Crippen molar-refractivity contribution in [2.24, 2.45) is 5.73 Å². The van der Waals surface area contributed by atoms with Gasteiger partial charge in [0.05, 0.1) is 12.1 Å². The van der Waals surface area contributed by atoms with Crippen LogP contribution in [-0.4, -0.2) is 32.1 Å². The van der Waals surface area contributed by atoms with E-state index in [1.54, 1.807) is 12.1 Å². The quantitative estimate of drug-likeness (QED) is 0.499. The summed E-state index contributed by atoms with van der Waals surface area (Å²) in [6, 6.07) is 5.98. The van der Waals surface area contributed by atoms with E-state index in [2.05, 4.69) is 15.3 Å². The summed E-state index contributed by atoms with van der Waals surface area (Å²) >= 11 is 0. The maximum absolute atomic E-state index is 12.3. The molecule has 0 fully saturated rings. The summed E-state index contributed by atoms with van der Waals surface area (Å²) in [7, 11) is 0. The third kappa shape index (κ3) is 3.18. The molecule has 0 atom stereocenters. The number of furan rings is 1. The minimum absolute atomic E-state index is 0.0164. The van der Waals surface area contributed by atoms with Gasteiger partial charge in [0.2, 0.25) is 0 Å². The number of hydrogen-bond acceptors (Lipinski definition) is 7. The average molecular weight is 354 g/mol. The van der Waals surface area contributed by atoms with Crippen LogP contribution < -0.4 is 11.1 Å². The van der Waals surface area contributed by atoms with E-state index in [0.29, 0.717) is 11.1 Å². The standard InChI is InChI=1S/C17H14N4O5/c18-7-11(15-19-4-1-5-20-15)16(23)21-8-10-6-9-2-3-12(22)13(17(24)25)14(9)26-10/h1-7,22H,8,18H2,(H,21,23)(H,24,25)/b11-7+. The second kappa shape index (κ2) is 6.93. The number of carbonyl (C=O) groups is 2. The lowest BCUT2D eigenvalue weighted by molar-refractivity contribution is -0.115. The van der Waals surface area contributed by atoms with Gasteiger partial charge in [-0.15, -0.1) is 0 Å². The Labute approximate surface area is 146 Å². The molecule has 0 aliphatic heterocycles. The lowest BCUT2D eigenvalue weighted by Crippen LogP contribution is -2.25. The van der Waals surface area contributed by atoms with E-state index in [9.17, 15) is 19.8 Å². The molecule has 0 spiro atoms. The minimum atomic E-state index is -1.31. The number of aromatic hydroxyl groups is 1. The number of carboxylic acid groups (broad SMARTS) is 1. The van der Waals surface area contributed by atoms with Gasteiger partial charge in [-0.05, 0) is 24.3 Å². The Bertz CT molecular complexity index is 1010. The van der Waals surface area contributed by atoms with Crippen LogP contribution >= 0.6 is 0 Å². The molecular weight excluding hydrogens is 340 g/mol. The molecule has 9 nitrogen and oxygen atoms in total. The first-order chi connectivity index (χ1) is 12.5. The fraction of sp³-hybridized carbons (Fsp3) is 0.0588. The molecule has 9 heteroatoms. The van der Waals surface area contributed by atoms with Gasteiger partial charge in [-0.3, -0.25) is 4.79 Å². The van der Waals surface area contributed by atoms with Gasteiger partial charge in [0, 0.05) is 24.0 Å². The number of aromatic nitrogens is 2. The second-order valence-corrected chi connectivity index (χ2v) is 5.23. The lowest BCUT2D eigenvalue weighted by Gasteiger charge is -2.05. The van der Waals surface area contributed by atoms with Crippen LogP contribution in [-0.2, 0) is 11.3 Å². The number of rotatable bonds is 5. The predicted molar refractivity (Wildman–Crippen MR) is 90.9 cm³/mol. The molecule has 0 saturated heterocycles. The highest BCUT2D eigenvalue weighted by atomic mass is 16.4. The zero-order chi connectivity index (χ0) is 18.7. The Morgan fingerprint density at radius 2 is 2.00 bits per heavy atom. The molecule has 5 N–H and O–H groups in total. The van der Waals surface area contributed by atoms with Crippen LogP contribution in [0.25, 0.3) is 16.5 Å². The Balaban J connectivity index is 1.81. The van der Waals surface area contributed by atoms with Gasteiger partial charge in [0.1, 0.15) is 17.1 Å². The zero-order valence-electron chi connectivity index (χ0n) is 13.3. The van der Waals surface area contributed by atoms with Crippen LogP contribution in [0.1, 0.15) is 21.9 Å². The zero-order valence-corrected chi connectivity index (χ0v) is 13.3. The number of amides is 1. The van der Waals surface area contributed by atoms with Crippen LogP contribution in [0.15, 0.2) is 47.3 Å². The van der Waals surface area contributed by atoms with Crippen LogP contribution in [0.5, 0.6) is 5.75 Å². The van der Waals surface area contributed by atoms with Crippen molar-refractivity contribution in [1.82, 2.24) is 15.3 Å². The van der Waals surface area contributed by atoms with E-state index in [1.165, 1.54) is 24.5 Å². The molecule has 3 rings (SSSR count). The molecule has 1 amide bonds. The number of carbonyl (C=O) groups excluding carboxylic acids is 1. The Hall–Kier alpha value is -3.88. The van der Waals surface area contributed by atoms with E-state index in [0.717, 1.165) is 6.20 Å². The summed E-state index contributed by atoms with van der Waals surface area (Å²) in [5, 5.41) is 22.0. The third-order valence-electron chi connectivity index (χ3n) is 3.57.